The van der Waals surface area contributed by atoms with Gasteiger partial charge in [-0.2, -0.15) is 0 Å². The normalized spacial score (nSPS) is 20.7. The van der Waals surface area contributed by atoms with Crippen LogP contribution in [0, 0.1) is 5.92 Å². The molecule has 1 heterocycles. The highest BCUT2D eigenvalue weighted by Gasteiger charge is 2.22. The second-order valence-corrected chi connectivity index (χ2v) is 6.99. The van der Waals surface area contributed by atoms with E-state index in [1.54, 1.807) is 7.11 Å². The first kappa shape index (κ1) is 17.2. The number of piperidine rings is 1. The number of amides is 1. The number of nitrogens with one attached hydrogen (secondary N) is 1. The fourth-order valence-electron chi connectivity index (χ4n) is 3.98. The molecule has 0 radical (unpaired) electrons. The van der Waals surface area contributed by atoms with Crippen molar-refractivity contribution in [2.45, 2.75) is 38.6 Å². The average molecular weight is 332 g/mol. The average Bonchev–Trinajstić information content (AvgIpc) is 3.06. The Bertz CT molecular complexity index is 588. The second-order valence-electron chi connectivity index (χ2n) is 6.99. The zero-order chi connectivity index (χ0) is 16.9. The van der Waals surface area contributed by atoms with Crippen LogP contribution in [-0.4, -0.2) is 49.3 Å². The molecule has 1 atom stereocenters. The summed E-state index contributed by atoms with van der Waals surface area (Å²) in [5, 5.41) is 11.6. The number of carbonyl (C=O) groups excluding carboxylic acids is 1. The van der Waals surface area contributed by atoms with Gasteiger partial charge in [0.05, 0.1) is 7.11 Å². The van der Waals surface area contributed by atoms with Crippen LogP contribution in [0.3, 0.4) is 0 Å². The van der Waals surface area contributed by atoms with Crippen molar-refractivity contribution in [3.8, 4) is 5.75 Å². The Morgan fingerprint density at radius 3 is 2.88 bits per heavy atom. The summed E-state index contributed by atoms with van der Waals surface area (Å²) in [4.78, 5) is 13.7. The third-order valence-corrected chi connectivity index (χ3v) is 5.22. The van der Waals surface area contributed by atoms with Crippen LogP contribution in [0.5, 0.6) is 5.75 Å². The minimum absolute atomic E-state index is 0.285. The Labute approximate surface area is 144 Å². The van der Waals surface area contributed by atoms with E-state index < -0.39 is 6.61 Å². The summed E-state index contributed by atoms with van der Waals surface area (Å²) < 4.78 is 5.62. The van der Waals surface area contributed by atoms with Crippen molar-refractivity contribution in [3.05, 3.63) is 28.8 Å². The predicted molar refractivity (Wildman–Crippen MR) is 93.1 cm³/mol. The van der Waals surface area contributed by atoms with E-state index in [0.717, 1.165) is 38.2 Å². The van der Waals surface area contributed by atoms with Gasteiger partial charge in [0.25, 0.3) is 0 Å². The number of aryl methyl sites for hydroxylation is 2. The number of rotatable bonds is 6. The monoisotopic (exact) mass is 332 g/mol. The van der Waals surface area contributed by atoms with Gasteiger partial charge in [-0.25, -0.2) is 0 Å². The lowest BCUT2D eigenvalue weighted by Crippen LogP contribution is -2.41. The number of fused-ring (bicyclic) bond motifs is 1. The molecule has 1 fully saturated rings. The molecule has 0 saturated carbocycles. The quantitative estimate of drug-likeness (QED) is 0.829. The first-order valence-corrected chi connectivity index (χ1v) is 8.98. The van der Waals surface area contributed by atoms with Crippen molar-refractivity contribution in [2.24, 2.45) is 5.92 Å². The largest absolute Gasteiger partial charge is 0.496 e. The Balaban J connectivity index is 1.62. The van der Waals surface area contributed by atoms with Crippen LogP contribution in [-0.2, 0) is 24.2 Å². The molecule has 2 aliphatic rings. The number of methoxy groups -OCH3 is 1. The summed E-state index contributed by atoms with van der Waals surface area (Å²) in [6.45, 7) is 3.19. The van der Waals surface area contributed by atoms with E-state index in [2.05, 4.69) is 22.3 Å². The van der Waals surface area contributed by atoms with E-state index in [9.17, 15) is 4.79 Å². The third kappa shape index (κ3) is 4.08. The van der Waals surface area contributed by atoms with Crippen LogP contribution in [0.4, 0.5) is 0 Å². The van der Waals surface area contributed by atoms with Gasteiger partial charge in [-0.05, 0) is 61.8 Å². The standard InChI is InChI=1S/C19H28N2O3/c1-24-18-9-16-6-2-5-15(16)8-17(18)12-21-7-3-4-14(11-21)10-20-19(23)13-22/h8-9,14,22H,2-7,10-13H2,1H3,(H,20,23)/t14-/m0/s1. The molecule has 0 aromatic heterocycles. The van der Waals surface area contributed by atoms with Gasteiger partial charge in [-0.15, -0.1) is 0 Å². The van der Waals surface area contributed by atoms with Gasteiger partial charge < -0.3 is 15.2 Å². The number of aliphatic hydroxyl groups excluding tert-OH is 1. The molecule has 0 bridgehead atoms. The molecule has 0 spiro atoms. The van der Waals surface area contributed by atoms with E-state index in [4.69, 9.17) is 9.84 Å². The van der Waals surface area contributed by atoms with E-state index in [0.29, 0.717) is 12.5 Å². The van der Waals surface area contributed by atoms with Crippen LogP contribution in [0.25, 0.3) is 0 Å². The molecule has 1 aromatic carbocycles. The molecule has 0 unspecified atom stereocenters. The Morgan fingerprint density at radius 1 is 1.33 bits per heavy atom. The lowest BCUT2D eigenvalue weighted by molar-refractivity contribution is -0.124. The van der Waals surface area contributed by atoms with Crippen LogP contribution < -0.4 is 10.1 Å². The van der Waals surface area contributed by atoms with Gasteiger partial charge in [-0.3, -0.25) is 9.69 Å². The Kier molecular flexibility index (Phi) is 5.74. The van der Waals surface area contributed by atoms with Gasteiger partial charge in [0, 0.05) is 25.2 Å². The number of ether oxygens (including phenoxy) is 1. The molecule has 1 aromatic rings. The van der Waals surface area contributed by atoms with Crippen molar-refractivity contribution in [1.82, 2.24) is 10.2 Å². The van der Waals surface area contributed by atoms with Crippen LogP contribution in [0.15, 0.2) is 12.1 Å². The summed E-state index contributed by atoms with van der Waals surface area (Å²) in [6.07, 6.45) is 5.87. The molecule has 1 saturated heterocycles. The number of aliphatic hydroxyl groups is 1. The van der Waals surface area contributed by atoms with E-state index in [1.165, 1.54) is 36.0 Å². The van der Waals surface area contributed by atoms with Crippen molar-refractivity contribution in [3.63, 3.8) is 0 Å². The highest BCUT2D eigenvalue weighted by atomic mass is 16.5. The van der Waals surface area contributed by atoms with Gasteiger partial charge in [0.2, 0.25) is 5.91 Å². The molecule has 1 aliphatic heterocycles. The topological polar surface area (TPSA) is 61.8 Å². The van der Waals surface area contributed by atoms with Gasteiger partial charge >= 0.3 is 0 Å². The maximum absolute atomic E-state index is 11.2. The fourth-order valence-corrected chi connectivity index (χ4v) is 3.98. The SMILES string of the molecule is COc1cc2c(cc1CN1CCC[C@@H](CNC(=O)CO)C1)CCC2. The third-order valence-electron chi connectivity index (χ3n) is 5.22. The first-order chi connectivity index (χ1) is 11.7. The van der Waals surface area contributed by atoms with E-state index in [1.807, 2.05) is 0 Å². The van der Waals surface area contributed by atoms with Crippen LogP contribution >= 0.6 is 0 Å². The molecular weight excluding hydrogens is 304 g/mol. The maximum Gasteiger partial charge on any atom is 0.245 e. The lowest BCUT2D eigenvalue weighted by Gasteiger charge is -2.33. The zero-order valence-electron chi connectivity index (χ0n) is 14.5. The number of carbonyl (C=O) groups is 1. The highest BCUT2D eigenvalue weighted by molar-refractivity contribution is 5.76. The fraction of sp³-hybridized carbons (Fsp3) is 0.632. The smallest absolute Gasteiger partial charge is 0.245 e. The summed E-state index contributed by atoms with van der Waals surface area (Å²) >= 11 is 0. The van der Waals surface area contributed by atoms with Gasteiger partial charge in [-0.1, -0.05) is 6.07 Å². The summed E-state index contributed by atoms with van der Waals surface area (Å²) in [5.74, 6) is 1.17. The molecule has 3 rings (SSSR count). The van der Waals surface area contributed by atoms with Crippen LogP contribution in [0.2, 0.25) is 0 Å². The number of likely N-dealkylation sites (tertiary alicyclic amines) is 1. The lowest BCUT2D eigenvalue weighted by atomic mass is 9.97. The Hall–Kier alpha value is -1.59. The van der Waals surface area contributed by atoms with E-state index in [-0.39, 0.29) is 5.91 Å². The molecule has 1 aliphatic carbocycles. The molecule has 1 amide bonds. The molecule has 5 heteroatoms. The highest BCUT2D eigenvalue weighted by Crippen LogP contribution is 2.31. The molecule has 5 nitrogen and oxygen atoms in total. The number of nitrogens with zero attached hydrogens (tertiary/aromatic N) is 1. The van der Waals surface area contributed by atoms with Gasteiger partial charge in [0.15, 0.2) is 0 Å². The van der Waals surface area contributed by atoms with Gasteiger partial charge in [0.1, 0.15) is 12.4 Å². The van der Waals surface area contributed by atoms with Crippen molar-refractivity contribution in [1.29, 1.82) is 0 Å². The van der Waals surface area contributed by atoms with E-state index >= 15 is 0 Å². The summed E-state index contributed by atoms with van der Waals surface area (Å²) in [5.41, 5.74) is 4.20. The molecule has 132 valence electrons. The number of benzene rings is 1. The van der Waals surface area contributed by atoms with Crippen LogP contribution in [0.1, 0.15) is 36.0 Å². The first-order valence-electron chi connectivity index (χ1n) is 8.98. The number of hydrogen-bond donors (Lipinski definition) is 2. The minimum Gasteiger partial charge on any atom is -0.496 e. The summed E-state index contributed by atoms with van der Waals surface area (Å²) in [7, 11) is 1.75. The molecule has 2 N–H and O–H groups in total. The van der Waals surface area contributed by atoms with Crippen molar-refractivity contribution in [2.75, 3.05) is 33.4 Å². The number of hydrogen-bond acceptors (Lipinski definition) is 4. The molecular formula is C19H28N2O3. The predicted octanol–water partition coefficient (Wildman–Crippen LogP) is 1.50. The maximum atomic E-state index is 11.2. The zero-order valence-corrected chi connectivity index (χ0v) is 14.5. The van der Waals surface area contributed by atoms with Crippen molar-refractivity contribution >= 4 is 5.91 Å². The Morgan fingerprint density at radius 2 is 2.12 bits per heavy atom. The summed E-state index contributed by atoms with van der Waals surface area (Å²) in [6, 6.07) is 4.55. The minimum atomic E-state index is -0.428. The van der Waals surface area contributed by atoms with Crippen molar-refractivity contribution < 1.29 is 14.6 Å². The second kappa shape index (κ2) is 7.99. The molecule has 24 heavy (non-hydrogen) atoms.